The number of hydrogen-bond acceptors (Lipinski definition) is 9. The number of benzene rings is 3. The average molecular weight is 679 g/mol. The number of aryl methyl sites for hydroxylation is 1. The van der Waals surface area contributed by atoms with E-state index in [-0.39, 0.29) is 59.8 Å². The Bertz CT molecular complexity index is 1840. The second kappa shape index (κ2) is 14.0. The molecule has 2 heterocycles. The number of β-amino-alcohol motifs (C(OH)–C–C–N with tert-alkyl or cyclic N) is 1. The first-order valence-corrected chi connectivity index (χ1v) is 15.5. The number of nitrogens with zero attached hydrogens (tertiary/aromatic N) is 4. The van der Waals surface area contributed by atoms with Crippen LogP contribution in [0.15, 0.2) is 30.3 Å². The first-order chi connectivity index (χ1) is 22.7. The minimum Gasteiger partial charge on any atom is -0.468 e. The standard InChI is InChI=1S/C33H35F5N4O6/c1-4-5-6-8-21-24(34)10-9-19-13-20(48-18-46-3)14-22(26(19)21)27-25(42(44)45)15-23-29(28(27)35)39-31(47-17-33(36,37)38)40-30(23)41-12-7-11-32(2,43)16-41/h9-10,13-15,43H,4-8,11-12,16-18H2,1-3H3/t32-/m1/s1. The molecule has 1 N–H and O–H groups in total. The Labute approximate surface area is 272 Å². The number of nitro groups is 1. The van der Waals surface area contributed by atoms with Crippen LogP contribution >= 0.6 is 0 Å². The van der Waals surface area contributed by atoms with E-state index >= 15 is 8.78 Å². The summed E-state index contributed by atoms with van der Waals surface area (Å²) in [6, 6.07) is 5.87. The van der Waals surface area contributed by atoms with Crippen molar-refractivity contribution in [1.82, 2.24) is 9.97 Å². The largest absolute Gasteiger partial charge is 0.468 e. The maximum Gasteiger partial charge on any atom is 0.422 e. The number of ether oxygens (including phenoxy) is 3. The van der Waals surface area contributed by atoms with Crippen molar-refractivity contribution in [3.63, 3.8) is 0 Å². The van der Waals surface area contributed by atoms with Gasteiger partial charge < -0.3 is 24.2 Å². The van der Waals surface area contributed by atoms with Gasteiger partial charge in [0.15, 0.2) is 19.2 Å². The van der Waals surface area contributed by atoms with Crippen LogP contribution in [0.5, 0.6) is 11.8 Å². The van der Waals surface area contributed by atoms with Gasteiger partial charge in [0.05, 0.1) is 21.5 Å². The van der Waals surface area contributed by atoms with Crippen LogP contribution in [0.2, 0.25) is 0 Å². The molecule has 10 nitrogen and oxygen atoms in total. The van der Waals surface area contributed by atoms with Crippen molar-refractivity contribution in [3.05, 3.63) is 57.6 Å². The predicted octanol–water partition coefficient (Wildman–Crippen LogP) is 7.64. The molecule has 0 bridgehead atoms. The Morgan fingerprint density at radius 2 is 1.90 bits per heavy atom. The highest BCUT2D eigenvalue weighted by molar-refractivity contribution is 6.05. The van der Waals surface area contributed by atoms with Crippen molar-refractivity contribution in [2.24, 2.45) is 0 Å². The molecule has 0 amide bonds. The van der Waals surface area contributed by atoms with Gasteiger partial charge in [-0.05, 0) is 67.1 Å². The van der Waals surface area contributed by atoms with E-state index in [1.165, 1.54) is 30.2 Å². The maximum atomic E-state index is 17.1. The summed E-state index contributed by atoms with van der Waals surface area (Å²) in [6.07, 6.45) is -1.46. The van der Waals surface area contributed by atoms with Crippen molar-refractivity contribution >= 4 is 33.2 Å². The lowest BCUT2D eigenvalue weighted by atomic mass is 9.90. The number of aromatic nitrogens is 2. The summed E-state index contributed by atoms with van der Waals surface area (Å²) in [4.78, 5) is 21.5. The molecule has 1 saturated heterocycles. The quantitative estimate of drug-likeness (QED) is 0.0530. The van der Waals surface area contributed by atoms with Crippen LogP contribution in [0.4, 0.5) is 33.5 Å². The highest BCUT2D eigenvalue weighted by Gasteiger charge is 2.35. The summed E-state index contributed by atoms with van der Waals surface area (Å²) < 4.78 is 87.5. The molecule has 4 aromatic rings. The number of methoxy groups -OCH3 is 1. The topological polar surface area (TPSA) is 120 Å². The summed E-state index contributed by atoms with van der Waals surface area (Å²) in [7, 11) is 1.38. The van der Waals surface area contributed by atoms with E-state index in [1.54, 1.807) is 13.0 Å². The minimum atomic E-state index is -4.77. The Morgan fingerprint density at radius 1 is 1.12 bits per heavy atom. The second-order valence-electron chi connectivity index (χ2n) is 12.1. The van der Waals surface area contributed by atoms with E-state index in [1.807, 2.05) is 6.92 Å². The molecule has 1 fully saturated rings. The van der Waals surface area contributed by atoms with Crippen molar-refractivity contribution in [3.8, 4) is 22.9 Å². The zero-order chi connectivity index (χ0) is 34.8. The molecular formula is C33H35F5N4O6. The predicted molar refractivity (Wildman–Crippen MR) is 168 cm³/mol. The van der Waals surface area contributed by atoms with Gasteiger partial charge >= 0.3 is 12.2 Å². The number of hydrogen-bond donors (Lipinski definition) is 1. The monoisotopic (exact) mass is 678 g/mol. The molecule has 5 rings (SSSR count). The Morgan fingerprint density at radius 3 is 2.56 bits per heavy atom. The number of halogens is 5. The molecule has 1 aromatic heterocycles. The summed E-state index contributed by atoms with van der Waals surface area (Å²) in [5.74, 6) is -1.83. The zero-order valence-corrected chi connectivity index (χ0v) is 26.6. The molecule has 0 saturated carbocycles. The number of nitro benzene ring substituents is 1. The van der Waals surface area contributed by atoms with E-state index in [4.69, 9.17) is 14.2 Å². The Hall–Kier alpha value is -4.37. The lowest BCUT2D eigenvalue weighted by molar-refractivity contribution is -0.384. The van der Waals surface area contributed by atoms with E-state index in [0.29, 0.717) is 24.6 Å². The van der Waals surface area contributed by atoms with E-state index in [0.717, 1.165) is 18.9 Å². The molecule has 1 atom stereocenters. The molecule has 48 heavy (non-hydrogen) atoms. The summed E-state index contributed by atoms with van der Waals surface area (Å²) in [5, 5.41) is 23.9. The molecule has 0 aliphatic carbocycles. The number of piperidine rings is 1. The lowest BCUT2D eigenvalue weighted by Gasteiger charge is -2.38. The van der Waals surface area contributed by atoms with Crippen LogP contribution in [0.1, 0.15) is 51.5 Å². The average Bonchev–Trinajstić information content (AvgIpc) is 3.02. The second-order valence-corrected chi connectivity index (χ2v) is 12.1. The summed E-state index contributed by atoms with van der Waals surface area (Å²) in [5.41, 5.74) is -2.92. The molecular weight excluding hydrogens is 643 g/mol. The molecule has 0 radical (unpaired) electrons. The summed E-state index contributed by atoms with van der Waals surface area (Å²) >= 11 is 0. The number of aliphatic hydroxyl groups is 1. The van der Waals surface area contributed by atoms with Crippen LogP contribution < -0.4 is 14.4 Å². The summed E-state index contributed by atoms with van der Waals surface area (Å²) in [6.45, 7) is 1.77. The highest BCUT2D eigenvalue weighted by atomic mass is 19.4. The van der Waals surface area contributed by atoms with Gasteiger partial charge in [-0.2, -0.15) is 23.1 Å². The van der Waals surface area contributed by atoms with E-state index in [2.05, 4.69) is 9.97 Å². The molecule has 3 aromatic carbocycles. The Balaban J connectivity index is 1.85. The molecule has 258 valence electrons. The van der Waals surface area contributed by atoms with Gasteiger partial charge in [0.2, 0.25) is 0 Å². The SMILES string of the molecule is CCCCCc1c(F)ccc2cc(OCOC)cc(-c3c([N+](=O)[O-])cc4c(N5CCC[C@@](C)(O)C5)nc(OCC(F)(F)F)nc4c3F)c12. The van der Waals surface area contributed by atoms with Crippen LogP contribution in [0, 0.1) is 21.7 Å². The normalized spacial score (nSPS) is 16.9. The molecule has 1 aliphatic heterocycles. The number of unbranched alkanes of at least 4 members (excludes halogenated alkanes) is 2. The third-order valence-electron chi connectivity index (χ3n) is 8.19. The van der Waals surface area contributed by atoms with Crippen molar-refractivity contribution in [1.29, 1.82) is 0 Å². The van der Waals surface area contributed by atoms with Crippen molar-refractivity contribution < 1.29 is 46.2 Å². The van der Waals surface area contributed by atoms with Gasteiger partial charge in [-0.1, -0.05) is 25.8 Å². The number of rotatable bonds is 12. The van der Waals surface area contributed by atoms with Crippen LogP contribution in [0.3, 0.4) is 0 Å². The molecule has 15 heteroatoms. The van der Waals surface area contributed by atoms with Crippen molar-refractivity contribution in [2.75, 3.05) is 38.5 Å². The van der Waals surface area contributed by atoms with E-state index < -0.39 is 57.7 Å². The van der Waals surface area contributed by atoms with Crippen LogP contribution in [0.25, 0.3) is 32.8 Å². The fourth-order valence-corrected chi connectivity index (χ4v) is 6.12. The van der Waals surface area contributed by atoms with Crippen LogP contribution in [-0.2, 0) is 11.2 Å². The van der Waals surface area contributed by atoms with Gasteiger partial charge in [-0.3, -0.25) is 10.1 Å². The van der Waals surface area contributed by atoms with Gasteiger partial charge in [-0.25, -0.2) is 8.78 Å². The van der Waals surface area contributed by atoms with Gasteiger partial charge in [0, 0.05) is 31.8 Å². The fraction of sp³-hybridized carbons (Fsp3) is 0.455. The van der Waals surface area contributed by atoms with Gasteiger partial charge in [-0.15, -0.1) is 0 Å². The number of fused-ring (bicyclic) bond motifs is 2. The highest BCUT2D eigenvalue weighted by Crippen LogP contribution is 2.45. The Kier molecular flexibility index (Phi) is 10.2. The van der Waals surface area contributed by atoms with Crippen molar-refractivity contribution in [2.45, 2.75) is 64.1 Å². The van der Waals surface area contributed by atoms with Gasteiger partial charge in [0.25, 0.3) is 5.69 Å². The third-order valence-corrected chi connectivity index (χ3v) is 8.19. The molecule has 0 spiro atoms. The van der Waals surface area contributed by atoms with Crippen LogP contribution in [-0.4, -0.2) is 65.4 Å². The minimum absolute atomic E-state index is 0.0427. The zero-order valence-electron chi connectivity index (χ0n) is 26.6. The molecule has 1 aliphatic rings. The van der Waals surface area contributed by atoms with E-state index in [9.17, 15) is 28.4 Å². The lowest BCUT2D eigenvalue weighted by Crippen LogP contribution is -2.46. The third kappa shape index (κ3) is 7.51. The maximum absolute atomic E-state index is 17.1. The molecule has 0 unspecified atom stereocenters. The first kappa shape index (κ1) is 35.0. The van der Waals surface area contributed by atoms with Gasteiger partial charge in [0.1, 0.15) is 22.9 Å². The smallest absolute Gasteiger partial charge is 0.422 e. The fourth-order valence-electron chi connectivity index (χ4n) is 6.12. The number of anilines is 1. The first-order valence-electron chi connectivity index (χ1n) is 15.5. The number of alkyl halides is 3.